The highest BCUT2D eigenvalue weighted by atomic mass is 32.1. The van der Waals surface area contributed by atoms with Gasteiger partial charge in [-0.3, -0.25) is 0 Å². The van der Waals surface area contributed by atoms with Gasteiger partial charge in [-0.2, -0.15) is 12.6 Å². The monoisotopic (exact) mass is 146 g/mol. The molecule has 0 fully saturated rings. The van der Waals surface area contributed by atoms with Gasteiger partial charge in [-0.15, -0.1) is 0 Å². The standard InChI is InChI=1S/C6H14N2S/c1-5(7)3-8-4-6(2)9/h3,6,8-9H,4,7H2,1-2H3. The number of allylic oxidation sites excluding steroid dienone is 1. The van der Waals surface area contributed by atoms with E-state index in [9.17, 15) is 0 Å². The molecular weight excluding hydrogens is 132 g/mol. The summed E-state index contributed by atoms with van der Waals surface area (Å²) in [5.74, 6) is 0. The minimum Gasteiger partial charge on any atom is -0.401 e. The third-order valence-corrected chi connectivity index (χ3v) is 0.926. The molecule has 0 heterocycles. The van der Waals surface area contributed by atoms with Crippen molar-refractivity contribution in [3.8, 4) is 0 Å². The molecule has 0 aliphatic rings. The Bertz CT molecular complexity index is 95.2. The van der Waals surface area contributed by atoms with Crippen LogP contribution in [0.2, 0.25) is 0 Å². The van der Waals surface area contributed by atoms with E-state index in [1.807, 2.05) is 13.8 Å². The Hall–Kier alpha value is -0.310. The molecule has 0 aliphatic heterocycles. The maximum atomic E-state index is 5.35. The zero-order valence-corrected chi connectivity index (χ0v) is 6.78. The van der Waals surface area contributed by atoms with E-state index in [0.717, 1.165) is 12.2 Å². The number of hydrogen-bond donors (Lipinski definition) is 3. The van der Waals surface area contributed by atoms with Crippen molar-refractivity contribution in [1.82, 2.24) is 5.32 Å². The van der Waals surface area contributed by atoms with Gasteiger partial charge in [0.05, 0.1) is 0 Å². The summed E-state index contributed by atoms with van der Waals surface area (Å²) in [6.45, 7) is 4.73. The van der Waals surface area contributed by atoms with Crippen molar-refractivity contribution in [2.45, 2.75) is 19.1 Å². The second-order valence-electron chi connectivity index (χ2n) is 2.15. The van der Waals surface area contributed by atoms with Crippen LogP contribution in [0.1, 0.15) is 13.8 Å². The van der Waals surface area contributed by atoms with Crippen molar-refractivity contribution in [3.63, 3.8) is 0 Å². The van der Waals surface area contributed by atoms with Crippen molar-refractivity contribution >= 4 is 12.6 Å². The highest BCUT2D eigenvalue weighted by molar-refractivity contribution is 7.80. The number of nitrogens with one attached hydrogen (secondary N) is 1. The van der Waals surface area contributed by atoms with E-state index in [1.54, 1.807) is 6.20 Å². The maximum absolute atomic E-state index is 5.35. The quantitative estimate of drug-likeness (QED) is 0.513. The molecule has 0 saturated heterocycles. The van der Waals surface area contributed by atoms with Crippen LogP contribution in [-0.2, 0) is 0 Å². The minimum absolute atomic E-state index is 0.376. The number of hydrogen-bond acceptors (Lipinski definition) is 3. The SMILES string of the molecule is CC(N)=CNCC(C)S. The van der Waals surface area contributed by atoms with Crippen molar-refractivity contribution in [1.29, 1.82) is 0 Å². The third kappa shape index (κ3) is 7.69. The van der Waals surface area contributed by atoms with Gasteiger partial charge in [0.1, 0.15) is 0 Å². The van der Waals surface area contributed by atoms with Crippen LogP contribution in [0.25, 0.3) is 0 Å². The molecular formula is C6H14N2S. The molecule has 0 spiro atoms. The van der Waals surface area contributed by atoms with Gasteiger partial charge in [-0.1, -0.05) is 6.92 Å². The number of nitrogens with two attached hydrogens (primary N) is 1. The normalized spacial score (nSPS) is 15.2. The largest absolute Gasteiger partial charge is 0.401 e. The van der Waals surface area contributed by atoms with Crippen molar-refractivity contribution in [2.75, 3.05) is 6.54 Å². The molecule has 0 aliphatic carbocycles. The van der Waals surface area contributed by atoms with Gasteiger partial charge in [-0.25, -0.2) is 0 Å². The van der Waals surface area contributed by atoms with Crippen LogP contribution in [0, 0.1) is 0 Å². The molecule has 0 aromatic rings. The van der Waals surface area contributed by atoms with Crippen molar-refractivity contribution < 1.29 is 0 Å². The predicted octanol–water partition coefficient (Wildman–Crippen LogP) is 0.714. The zero-order valence-electron chi connectivity index (χ0n) is 5.89. The van der Waals surface area contributed by atoms with Gasteiger partial charge < -0.3 is 11.1 Å². The van der Waals surface area contributed by atoms with Crippen LogP contribution < -0.4 is 11.1 Å². The summed E-state index contributed by atoms with van der Waals surface area (Å²) < 4.78 is 0. The molecule has 0 rings (SSSR count). The lowest BCUT2D eigenvalue weighted by molar-refractivity contribution is 0.820. The van der Waals surface area contributed by atoms with Gasteiger partial charge in [0, 0.05) is 23.7 Å². The van der Waals surface area contributed by atoms with E-state index in [0.29, 0.717) is 5.25 Å². The molecule has 0 aromatic heterocycles. The minimum atomic E-state index is 0.376. The fourth-order valence-corrected chi connectivity index (χ4v) is 0.496. The lowest BCUT2D eigenvalue weighted by Gasteiger charge is -2.02. The summed E-state index contributed by atoms with van der Waals surface area (Å²) in [5.41, 5.74) is 6.15. The van der Waals surface area contributed by atoms with E-state index in [4.69, 9.17) is 5.73 Å². The average Bonchev–Trinajstić information content (AvgIpc) is 1.63. The zero-order chi connectivity index (χ0) is 7.28. The summed E-state index contributed by atoms with van der Waals surface area (Å²) in [6, 6.07) is 0. The highest BCUT2D eigenvalue weighted by Crippen LogP contribution is 1.88. The van der Waals surface area contributed by atoms with Crippen LogP contribution in [0.5, 0.6) is 0 Å². The van der Waals surface area contributed by atoms with E-state index in [2.05, 4.69) is 17.9 Å². The van der Waals surface area contributed by atoms with Crippen LogP contribution in [0.4, 0.5) is 0 Å². The molecule has 2 nitrogen and oxygen atoms in total. The third-order valence-electron chi connectivity index (χ3n) is 0.743. The first-order chi connectivity index (χ1) is 4.13. The summed E-state index contributed by atoms with van der Waals surface area (Å²) in [6.07, 6.45) is 1.78. The van der Waals surface area contributed by atoms with E-state index in [-0.39, 0.29) is 0 Å². The van der Waals surface area contributed by atoms with Crippen LogP contribution in [-0.4, -0.2) is 11.8 Å². The molecule has 54 valence electrons. The van der Waals surface area contributed by atoms with Crippen molar-refractivity contribution in [3.05, 3.63) is 11.9 Å². The number of rotatable bonds is 3. The molecule has 0 saturated carbocycles. The Morgan fingerprint density at radius 2 is 2.44 bits per heavy atom. The first kappa shape index (κ1) is 8.69. The Morgan fingerprint density at radius 1 is 1.89 bits per heavy atom. The first-order valence-corrected chi connectivity index (χ1v) is 3.48. The highest BCUT2D eigenvalue weighted by Gasteiger charge is 1.88. The Morgan fingerprint density at radius 3 is 2.78 bits per heavy atom. The lowest BCUT2D eigenvalue weighted by atomic mass is 10.4. The number of thiol groups is 1. The summed E-state index contributed by atoms with van der Waals surface area (Å²) in [4.78, 5) is 0. The summed E-state index contributed by atoms with van der Waals surface area (Å²) >= 11 is 4.17. The molecule has 0 aromatic carbocycles. The van der Waals surface area contributed by atoms with Gasteiger partial charge in [-0.05, 0) is 6.92 Å². The smallest absolute Gasteiger partial charge is 0.0256 e. The lowest BCUT2D eigenvalue weighted by Crippen LogP contribution is -2.16. The maximum Gasteiger partial charge on any atom is 0.0256 e. The predicted molar refractivity (Wildman–Crippen MR) is 44.4 cm³/mol. The van der Waals surface area contributed by atoms with E-state index < -0.39 is 0 Å². The van der Waals surface area contributed by atoms with Gasteiger partial charge in [0.15, 0.2) is 0 Å². The summed E-state index contributed by atoms with van der Waals surface area (Å²) in [7, 11) is 0. The molecule has 9 heavy (non-hydrogen) atoms. The fraction of sp³-hybridized carbons (Fsp3) is 0.667. The topological polar surface area (TPSA) is 38.0 Å². The average molecular weight is 146 g/mol. The summed E-state index contributed by atoms with van der Waals surface area (Å²) in [5, 5.41) is 3.40. The Balaban J connectivity index is 3.20. The van der Waals surface area contributed by atoms with Gasteiger partial charge >= 0.3 is 0 Å². The molecule has 1 unspecified atom stereocenters. The molecule has 0 bridgehead atoms. The van der Waals surface area contributed by atoms with Crippen LogP contribution >= 0.6 is 12.6 Å². The fourth-order valence-electron chi connectivity index (χ4n) is 0.390. The van der Waals surface area contributed by atoms with Gasteiger partial charge in [0.2, 0.25) is 0 Å². The Labute approximate surface area is 61.9 Å². The van der Waals surface area contributed by atoms with E-state index in [1.165, 1.54) is 0 Å². The second-order valence-corrected chi connectivity index (χ2v) is 3.03. The van der Waals surface area contributed by atoms with E-state index >= 15 is 0 Å². The first-order valence-electron chi connectivity index (χ1n) is 2.96. The molecule has 3 N–H and O–H groups in total. The second kappa shape index (κ2) is 4.56. The molecule has 0 amide bonds. The van der Waals surface area contributed by atoms with Gasteiger partial charge in [0.25, 0.3) is 0 Å². The van der Waals surface area contributed by atoms with Crippen molar-refractivity contribution in [2.24, 2.45) is 5.73 Å². The van der Waals surface area contributed by atoms with Crippen LogP contribution in [0.3, 0.4) is 0 Å². The Kier molecular flexibility index (Phi) is 4.40. The molecule has 0 radical (unpaired) electrons. The molecule has 1 atom stereocenters. The molecule has 3 heteroatoms. The van der Waals surface area contributed by atoms with Crippen LogP contribution in [0.15, 0.2) is 11.9 Å².